The molecule has 4 nitrogen and oxygen atoms in total. The minimum atomic E-state index is -0.659. The lowest BCUT2D eigenvalue weighted by molar-refractivity contribution is -0.410. The molecule has 1 aromatic carbocycles. The Balaban J connectivity index is 3.07. The first-order chi connectivity index (χ1) is 6.65. The zero-order valence-corrected chi connectivity index (χ0v) is 8.19. The fraction of sp³-hybridized carbons (Fsp3) is 0.111. The van der Waals surface area contributed by atoms with Crippen molar-refractivity contribution in [3.63, 3.8) is 0 Å². The zero-order chi connectivity index (χ0) is 10.6. The van der Waals surface area contributed by atoms with Crippen LogP contribution in [0.3, 0.4) is 0 Å². The molecule has 0 aliphatic rings. The minimum absolute atomic E-state index is 0.436. The second kappa shape index (κ2) is 4.62. The molecule has 74 valence electrons. The van der Waals surface area contributed by atoms with Crippen LogP contribution in [0.4, 0.5) is 0 Å². The normalized spacial score (nSPS) is 11.1. The Hall–Kier alpha value is -1.55. The van der Waals surface area contributed by atoms with Gasteiger partial charge in [0.05, 0.1) is 12.0 Å². The highest BCUT2D eigenvalue weighted by Gasteiger charge is 2.07. The topological polar surface area (TPSA) is 52.4 Å². The molecule has 0 fully saturated rings. The Labute approximate surface area is 85.9 Å². The number of benzene rings is 1. The maximum Gasteiger partial charge on any atom is 0.337 e. The number of hydrogen-bond acceptors (Lipinski definition) is 3. The van der Waals surface area contributed by atoms with Crippen LogP contribution in [0.5, 0.6) is 5.75 Å². The van der Waals surface area contributed by atoms with Crippen molar-refractivity contribution in [2.45, 2.75) is 0 Å². The highest BCUT2D eigenvalue weighted by Crippen LogP contribution is 2.21. The van der Waals surface area contributed by atoms with E-state index in [-0.39, 0.29) is 0 Å². The molecular formula is C9H8ClNO3. The molecule has 0 aromatic heterocycles. The van der Waals surface area contributed by atoms with Crippen LogP contribution in [0.1, 0.15) is 5.56 Å². The van der Waals surface area contributed by atoms with Crippen LogP contribution in [0.2, 0.25) is 0 Å². The molecule has 0 saturated heterocycles. The highest BCUT2D eigenvalue weighted by atomic mass is 35.5. The van der Waals surface area contributed by atoms with Crippen LogP contribution >= 0.6 is 11.6 Å². The molecule has 0 aliphatic carbocycles. The summed E-state index contributed by atoms with van der Waals surface area (Å²) in [7, 11) is 1.49. The smallest absolute Gasteiger partial charge is 0.337 e. The number of para-hydroxylation sites is 1. The van der Waals surface area contributed by atoms with E-state index in [1.807, 2.05) is 0 Å². The average Bonchev–Trinajstić information content (AvgIpc) is 2.18. The van der Waals surface area contributed by atoms with Crippen molar-refractivity contribution < 1.29 is 9.66 Å². The Morgan fingerprint density at radius 1 is 1.57 bits per heavy atom. The maximum absolute atomic E-state index is 10.3. The molecule has 1 rings (SSSR count). The quantitative estimate of drug-likeness (QED) is 0.440. The molecule has 0 heterocycles. The average molecular weight is 214 g/mol. The molecule has 1 aromatic rings. The summed E-state index contributed by atoms with van der Waals surface area (Å²) in [5.41, 5.74) is 0.580. The van der Waals surface area contributed by atoms with Gasteiger partial charge in [0.15, 0.2) is 0 Å². The second-order valence-corrected chi connectivity index (χ2v) is 2.85. The third kappa shape index (κ3) is 2.47. The van der Waals surface area contributed by atoms with Gasteiger partial charge in [0.2, 0.25) is 0 Å². The molecule has 5 heteroatoms. The fourth-order valence-corrected chi connectivity index (χ4v) is 1.08. The summed E-state index contributed by atoms with van der Waals surface area (Å²) >= 11 is 5.39. The second-order valence-electron chi connectivity index (χ2n) is 2.47. The number of nitrogens with zero attached hydrogens (tertiary/aromatic N) is 1. The van der Waals surface area contributed by atoms with Crippen molar-refractivity contribution in [1.29, 1.82) is 0 Å². The van der Waals surface area contributed by atoms with Crippen molar-refractivity contribution in [3.8, 4) is 5.75 Å². The summed E-state index contributed by atoms with van der Waals surface area (Å²) in [6.07, 6.45) is 1.25. The monoisotopic (exact) mass is 213 g/mol. The van der Waals surface area contributed by atoms with Crippen molar-refractivity contribution in [2.75, 3.05) is 7.11 Å². The summed E-state index contributed by atoms with van der Waals surface area (Å²) < 4.78 is 5.00. The van der Waals surface area contributed by atoms with Gasteiger partial charge >= 0.3 is 5.16 Å². The number of rotatable bonds is 3. The highest BCUT2D eigenvalue weighted by molar-refractivity contribution is 6.29. The van der Waals surface area contributed by atoms with E-state index >= 15 is 0 Å². The molecule has 0 N–H and O–H groups in total. The maximum atomic E-state index is 10.3. The van der Waals surface area contributed by atoms with Crippen molar-refractivity contribution in [2.24, 2.45) is 0 Å². The van der Waals surface area contributed by atoms with E-state index in [0.29, 0.717) is 11.3 Å². The van der Waals surface area contributed by atoms with E-state index < -0.39 is 10.1 Å². The van der Waals surface area contributed by atoms with Gasteiger partial charge in [-0.15, -0.1) is 0 Å². The molecule has 0 saturated carbocycles. The standard InChI is InChI=1S/C9H8ClNO3/c1-14-8-5-3-2-4-7(8)6-9(10)11(12)13/h2-6H,1H3/b9-6+. The van der Waals surface area contributed by atoms with Crippen molar-refractivity contribution >= 4 is 17.7 Å². The largest absolute Gasteiger partial charge is 0.496 e. The molecule has 0 amide bonds. The van der Waals surface area contributed by atoms with Gasteiger partial charge in [-0.05, 0) is 17.7 Å². The summed E-state index contributed by atoms with van der Waals surface area (Å²) in [4.78, 5) is 9.61. The van der Waals surface area contributed by atoms with Gasteiger partial charge in [-0.3, -0.25) is 10.1 Å². The summed E-state index contributed by atoms with van der Waals surface area (Å²) in [5, 5.41) is 9.83. The summed E-state index contributed by atoms with van der Waals surface area (Å²) in [5.74, 6) is 0.549. The van der Waals surface area contributed by atoms with Crippen LogP contribution in [0.25, 0.3) is 6.08 Å². The van der Waals surface area contributed by atoms with Gasteiger partial charge in [-0.1, -0.05) is 18.2 Å². The lowest BCUT2D eigenvalue weighted by atomic mass is 10.2. The first kappa shape index (κ1) is 10.5. The fourth-order valence-electron chi connectivity index (χ4n) is 0.967. The lowest BCUT2D eigenvalue weighted by Crippen LogP contribution is -1.92. The van der Waals surface area contributed by atoms with Crippen LogP contribution in [0, 0.1) is 10.1 Å². The number of hydrogen-bond donors (Lipinski definition) is 0. The van der Waals surface area contributed by atoms with E-state index in [4.69, 9.17) is 16.3 Å². The lowest BCUT2D eigenvalue weighted by Gasteiger charge is -2.02. The Bertz CT molecular complexity index is 376. The Morgan fingerprint density at radius 3 is 2.79 bits per heavy atom. The predicted octanol–water partition coefficient (Wildman–Crippen LogP) is 2.51. The molecule has 0 spiro atoms. The van der Waals surface area contributed by atoms with Gasteiger partial charge in [-0.2, -0.15) is 0 Å². The van der Waals surface area contributed by atoms with E-state index in [1.54, 1.807) is 24.3 Å². The number of ether oxygens (including phenoxy) is 1. The van der Waals surface area contributed by atoms with Crippen LogP contribution < -0.4 is 4.74 Å². The van der Waals surface area contributed by atoms with Crippen molar-refractivity contribution in [1.82, 2.24) is 0 Å². The van der Waals surface area contributed by atoms with E-state index in [0.717, 1.165) is 0 Å². The van der Waals surface area contributed by atoms with Crippen LogP contribution in [-0.4, -0.2) is 12.0 Å². The minimum Gasteiger partial charge on any atom is -0.496 e. The number of halogens is 1. The van der Waals surface area contributed by atoms with E-state index in [1.165, 1.54) is 13.2 Å². The Morgan fingerprint density at radius 2 is 2.21 bits per heavy atom. The molecule has 0 atom stereocenters. The SMILES string of the molecule is COc1ccccc1/C=C(\Cl)[N+](=O)[O-]. The number of methoxy groups -OCH3 is 1. The summed E-state index contributed by atoms with van der Waals surface area (Å²) in [6.45, 7) is 0. The first-order valence-corrected chi connectivity index (χ1v) is 4.17. The van der Waals surface area contributed by atoms with E-state index in [2.05, 4.69) is 0 Å². The van der Waals surface area contributed by atoms with Gasteiger partial charge in [0, 0.05) is 11.6 Å². The molecule has 0 aliphatic heterocycles. The molecule has 14 heavy (non-hydrogen) atoms. The van der Waals surface area contributed by atoms with Gasteiger partial charge in [-0.25, -0.2) is 0 Å². The van der Waals surface area contributed by atoms with Gasteiger partial charge in [0.1, 0.15) is 5.75 Å². The van der Waals surface area contributed by atoms with E-state index in [9.17, 15) is 10.1 Å². The zero-order valence-electron chi connectivity index (χ0n) is 7.44. The summed E-state index contributed by atoms with van der Waals surface area (Å²) in [6, 6.07) is 6.91. The molecule has 0 bridgehead atoms. The molecule has 0 radical (unpaired) electrons. The molecule has 0 unspecified atom stereocenters. The third-order valence-corrected chi connectivity index (χ3v) is 1.84. The number of nitro groups is 1. The van der Waals surface area contributed by atoms with Crippen molar-refractivity contribution in [3.05, 3.63) is 45.1 Å². The van der Waals surface area contributed by atoms with Crippen LogP contribution in [0.15, 0.2) is 29.4 Å². The predicted molar refractivity (Wildman–Crippen MR) is 53.8 cm³/mol. The third-order valence-electron chi connectivity index (χ3n) is 1.59. The van der Waals surface area contributed by atoms with Gasteiger partial charge < -0.3 is 4.74 Å². The first-order valence-electron chi connectivity index (χ1n) is 3.79. The van der Waals surface area contributed by atoms with Gasteiger partial charge in [0.25, 0.3) is 0 Å². The van der Waals surface area contributed by atoms with Crippen LogP contribution in [-0.2, 0) is 0 Å². The molecular weight excluding hydrogens is 206 g/mol. The Kier molecular flexibility index (Phi) is 3.48.